The molecule has 12 nitrogen and oxygen atoms in total. The number of cyclic esters (lactones) is 1. The van der Waals surface area contributed by atoms with Crippen molar-refractivity contribution in [1.82, 2.24) is 10.2 Å². The van der Waals surface area contributed by atoms with Gasteiger partial charge in [0.15, 0.2) is 20.2 Å². The van der Waals surface area contributed by atoms with Crippen molar-refractivity contribution in [2.45, 2.75) is 71.4 Å². The number of piperidine rings is 1. The van der Waals surface area contributed by atoms with Crippen LogP contribution >= 0.6 is 11.6 Å². The number of halogens is 1. The van der Waals surface area contributed by atoms with Gasteiger partial charge in [-0.15, -0.1) is 11.6 Å². The molecule has 46 heavy (non-hydrogen) atoms. The molecule has 1 aromatic carbocycles. The average Bonchev–Trinajstić information content (AvgIpc) is 3.04. The van der Waals surface area contributed by atoms with Crippen molar-refractivity contribution >= 4 is 35.1 Å². The largest absolute Gasteiger partial charge is 0.467 e. The predicted octanol–water partition coefficient (Wildman–Crippen LogP) is 4.53. The lowest BCUT2D eigenvalue weighted by Gasteiger charge is -2.26. The van der Waals surface area contributed by atoms with E-state index in [9.17, 15) is 14.4 Å². The van der Waals surface area contributed by atoms with E-state index in [1.165, 1.54) is 0 Å². The van der Waals surface area contributed by atoms with E-state index in [-0.39, 0.29) is 61.7 Å². The van der Waals surface area contributed by atoms with E-state index in [1.807, 2.05) is 32.1 Å². The number of amides is 2. The molecule has 0 unspecified atom stereocenters. The number of benzene rings is 1. The van der Waals surface area contributed by atoms with E-state index >= 15 is 0 Å². The number of nitrogens with one attached hydrogen (secondary N) is 1. The summed E-state index contributed by atoms with van der Waals surface area (Å²) < 4.78 is 28.3. The first-order valence-electron chi connectivity index (χ1n) is 15.8. The van der Waals surface area contributed by atoms with Crippen LogP contribution in [0.25, 0.3) is 0 Å². The summed E-state index contributed by atoms with van der Waals surface area (Å²) in [4.78, 5) is 45.9. The highest BCUT2D eigenvalue weighted by molar-refractivity contribution is 6.27. The third kappa shape index (κ3) is 12.6. The fraction of sp³-hybridized carbons (Fsp3) is 0.576. The highest BCUT2D eigenvalue weighted by atomic mass is 35.5. The molecule has 1 N–H and O–H groups in total. The highest BCUT2D eigenvalue weighted by Crippen LogP contribution is 2.32. The number of nitrogens with zero attached hydrogens (tertiary/aromatic N) is 2. The number of hydrogen-bond acceptors (Lipinski definition) is 10. The number of carbonyl (C=O) groups is 3. The minimum absolute atomic E-state index is 0.00795. The van der Waals surface area contributed by atoms with E-state index in [0.717, 1.165) is 19.3 Å². The third-order valence-electron chi connectivity index (χ3n) is 7.14. The quantitative estimate of drug-likeness (QED) is 0.0807. The normalized spacial score (nSPS) is 21.3. The van der Waals surface area contributed by atoms with Gasteiger partial charge in [0, 0.05) is 45.2 Å². The molecule has 2 heterocycles. The second kappa shape index (κ2) is 20.5. The molecule has 2 atom stereocenters. The van der Waals surface area contributed by atoms with Crippen molar-refractivity contribution in [3.05, 3.63) is 47.6 Å². The van der Waals surface area contributed by atoms with Gasteiger partial charge in [-0.2, -0.15) is 0 Å². The van der Waals surface area contributed by atoms with Gasteiger partial charge in [-0.25, -0.2) is 4.79 Å². The zero-order chi connectivity index (χ0) is 33.1. The molecular formula is C33H46ClN3O9. The van der Waals surface area contributed by atoms with Crippen LogP contribution in [-0.2, 0) is 35.1 Å². The summed E-state index contributed by atoms with van der Waals surface area (Å²) in [6.45, 7) is 7.41. The second-order valence-corrected chi connectivity index (χ2v) is 11.0. The first-order valence-corrected chi connectivity index (χ1v) is 16.3. The molecular weight excluding hydrogens is 618 g/mol. The monoisotopic (exact) mass is 663 g/mol. The maximum atomic E-state index is 13.7. The maximum Gasteiger partial charge on any atom is 0.342 e. The molecule has 0 aromatic heterocycles. The van der Waals surface area contributed by atoms with Gasteiger partial charge >= 0.3 is 5.97 Å². The van der Waals surface area contributed by atoms with Gasteiger partial charge in [0.05, 0.1) is 11.8 Å². The van der Waals surface area contributed by atoms with Crippen LogP contribution < -0.4 is 14.8 Å². The topological polar surface area (TPSA) is 134 Å². The van der Waals surface area contributed by atoms with Crippen LogP contribution in [-0.4, -0.2) is 92.9 Å². The van der Waals surface area contributed by atoms with Crippen LogP contribution in [0.3, 0.4) is 0 Å². The molecule has 0 radical (unpaired) electrons. The summed E-state index contributed by atoms with van der Waals surface area (Å²) in [5.74, 6) is -0.618. The zero-order valence-corrected chi connectivity index (χ0v) is 27.7. The Bertz CT molecular complexity index is 1230. The number of alkyl halides is 1. The number of allylic oxidation sites excluding steroid dienone is 1. The van der Waals surface area contributed by atoms with Gasteiger partial charge in [-0.3, -0.25) is 9.59 Å². The molecule has 2 amide bonds. The van der Waals surface area contributed by atoms with Gasteiger partial charge in [0.2, 0.25) is 5.91 Å². The Morgan fingerprint density at radius 2 is 1.78 bits per heavy atom. The van der Waals surface area contributed by atoms with Crippen LogP contribution in [0, 0.1) is 0 Å². The van der Waals surface area contributed by atoms with Crippen LogP contribution in [0.5, 0.6) is 11.5 Å². The van der Waals surface area contributed by atoms with Gasteiger partial charge in [-0.1, -0.05) is 23.4 Å². The molecule has 254 valence electrons. The van der Waals surface area contributed by atoms with Crippen LogP contribution in [0.2, 0.25) is 0 Å². The van der Waals surface area contributed by atoms with E-state index in [2.05, 4.69) is 10.5 Å². The summed E-state index contributed by atoms with van der Waals surface area (Å²) in [6, 6.07) is 2.93. The summed E-state index contributed by atoms with van der Waals surface area (Å²) in [5, 5.41) is 7.18. The Balaban J connectivity index is 2.02. The molecule has 1 saturated heterocycles. The van der Waals surface area contributed by atoms with Crippen molar-refractivity contribution < 1.29 is 42.9 Å². The second-order valence-electron chi connectivity index (χ2n) is 10.8. The van der Waals surface area contributed by atoms with Gasteiger partial charge in [-0.05, 0) is 64.2 Å². The van der Waals surface area contributed by atoms with Crippen molar-refractivity contribution in [2.24, 2.45) is 5.16 Å². The summed E-state index contributed by atoms with van der Waals surface area (Å²) >= 11 is 5.73. The van der Waals surface area contributed by atoms with Crippen molar-refractivity contribution in [1.29, 1.82) is 0 Å². The average molecular weight is 664 g/mol. The first kappa shape index (κ1) is 36.9. The minimum Gasteiger partial charge on any atom is -0.467 e. The Hall–Kier alpha value is -3.61. The number of hydrogen-bond donors (Lipinski definition) is 1. The van der Waals surface area contributed by atoms with Crippen LogP contribution in [0.15, 0.2) is 41.6 Å². The van der Waals surface area contributed by atoms with Crippen LogP contribution in [0.4, 0.5) is 0 Å². The molecule has 1 fully saturated rings. The molecule has 0 spiro atoms. The number of esters is 1. The van der Waals surface area contributed by atoms with Crippen molar-refractivity contribution in [3.63, 3.8) is 0 Å². The SMILES string of the molecule is CCOCOc1cc2c(c(OCOCC)c1)C(=O)O[C@H](C)C/C=C/[C@@H](NC(=O)CCl)C/C=C/C(=N/OCC(=O)N1CCCCC1)C2. The smallest absolute Gasteiger partial charge is 0.342 e. The summed E-state index contributed by atoms with van der Waals surface area (Å²) in [7, 11) is 0. The van der Waals surface area contributed by atoms with Gasteiger partial charge in [0.1, 0.15) is 29.0 Å². The number of carbonyl (C=O) groups excluding carboxylic acids is 3. The molecule has 3 rings (SSSR count). The van der Waals surface area contributed by atoms with Gasteiger partial charge in [0.25, 0.3) is 5.91 Å². The van der Waals surface area contributed by atoms with E-state index < -0.39 is 12.1 Å². The fourth-order valence-corrected chi connectivity index (χ4v) is 4.90. The fourth-order valence-electron chi connectivity index (χ4n) is 4.82. The lowest BCUT2D eigenvalue weighted by molar-refractivity contribution is -0.137. The van der Waals surface area contributed by atoms with Crippen LogP contribution in [0.1, 0.15) is 68.8 Å². The minimum atomic E-state index is -0.604. The number of rotatable bonds is 13. The van der Waals surface area contributed by atoms with Gasteiger partial charge < -0.3 is 38.7 Å². The molecule has 1 aromatic rings. The molecule has 0 saturated carbocycles. The Morgan fingerprint density at radius 1 is 1.04 bits per heavy atom. The lowest BCUT2D eigenvalue weighted by Crippen LogP contribution is -2.37. The maximum absolute atomic E-state index is 13.7. The standard InChI is InChI=1S/C33H46ClN3O9/c1-4-41-22-43-28-18-25-17-27(36-45-21-31(39)37-15-7-6-8-16-37)14-10-13-26(35-30(38)20-34)12-9-11-24(3)46-33(40)32(25)29(19-28)44-23-42-5-2/h9-10,12,14,18-19,24,26H,4-8,11,13,15-17,20-23H2,1-3H3,(H,35,38)/b12-9+,14-10+,36-27-/t24-,26-/m1/s1. The predicted molar refractivity (Wildman–Crippen MR) is 173 cm³/mol. The number of ether oxygens (including phenoxy) is 5. The van der Waals surface area contributed by atoms with E-state index in [4.69, 9.17) is 40.1 Å². The zero-order valence-electron chi connectivity index (χ0n) is 27.0. The third-order valence-corrected chi connectivity index (χ3v) is 7.38. The van der Waals surface area contributed by atoms with E-state index in [1.54, 1.807) is 30.0 Å². The summed E-state index contributed by atoms with van der Waals surface area (Å²) in [6.07, 6.45) is 10.7. The Kier molecular flexibility index (Phi) is 16.4. The number of fused-ring (bicyclic) bond motifs is 1. The van der Waals surface area contributed by atoms with Crippen molar-refractivity contribution in [3.8, 4) is 11.5 Å². The Morgan fingerprint density at radius 3 is 2.50 bits per heavy atom. The molecule has 13 heteroatoms. The molecule has 0 aliphatic carbocycles. The molecule has 0 bridgehead atoms. The molecule has 2 aliphatic heterocycles. The van der Waals surface area contributed by atoms with Crippen molar-refractivity contribution in [2.75, 3.05) is 52.4 Å². The lowest BCUT2D eigenvalue weighted by atomic mass is 9.99. The number of likely N-dealkylation sites (tertiary alicyclic amines) is 1. The highest BCUT2D eigenvalue weighted by Gasteiger charge is 2.25. The molecule has 2 aliphatic rings. The number of oxime groups is 1. The Labute approximate surface area is 276 Å². The summed E-state index contributed by atoms with van der Waals surface area (Å²) in [5.41, 5.74) is 1.09. The van der Waals surface area contributed by atoms with E-state index in [0.29, 0.717) is 56.2 Å². The first-order chi connectivity index (χ1) is 22.3.